The summed E-state index contributed by atoms with van der Waals surface area (Å²) in [5, 5.41) is 5.57. The maximum absolute atomic E-state index is 14.2. The molecule has 1 amide bonds. The molecule has 1 aromatic carbocycles. The van der Waals surface area contributed by atoms with Crippen molar-refractivity contribution in [3.8, 4) is 0 Å². The van der Waals surface area contributed by atoms with Crippen LogP contribution in [-0.4, -0.2) is 32.1 Å². The molecular formula is C14H19F2N3O. The maximum atomic E-state index is 14.2. The molecule has 6 heteroatoms. The van der Waals surface area contributed by atoms with Gasteiger partial charge in [-0.15, -0.1) is 0 Å². The summed E-state index contributed by atoms with van der Waals surface area (Å²) >= 11 is 0. The summed E-state index contributed by atoms with van der Waals surface area (Å²) in [6.07, 6.45) is 0.503. The fourth-order valence-corrected chi connectivity index (χ4v) is 2.59. The molecule has 20 heavy (non-hydrogen) atoms. The molecule has 110 valence electrons. The average Bonchev–Trinajstić information content (AvgIpc) is 2.38. The second kappa shape index (κ2) is 6.17. The van der Waals surface area contributed by atoms with E-state index in [4.69, 9.17) is 0 Å². The number of benzene rings is 1. The van der Waals surface area contributed by atoms with E-state index in [1.165, 1.54) is 17.0 Å². The summed E-state index contributed by atoms with van der Waals surface area (Å²) in [6, 6.07) is 2.10. The Morgan fingerprint density at radius 2 is 2.05 bits per heavy atom. The molecular weight excluding hydrogens is 264 g/mol. The zero-order valence-corrected chi connectivity index (χ0v) is 11.7. The van der Waals surface area contributed by atoms with E-state index in [1.807, 2.05) is 6.92 Å². The highest BCUT2D eigenvalue weighted by Crippen LogP contribution is 2.28. The first-order valence-electron chi connectivity index (χ1n) is 6.75. The molecule has 1 aliphatic heterocycles. The van der Waals surface area contributed by atoms with Gasteiger partial charge >= 0.3 is 0 Å². The quantitative estimate of drug-likeness (QED) is 0.878. The second-order valence-corrected chi connectivity index (χ2v) is 4.85. The van der Waals surface area contributed by atoms with Crippen LogP contribution in [0.25, 0.3) is 0 Å². The Kier molecular flexibility index (Phi) is 4.54. The Bertz CT molecular complexity index is 484. The van der Waals surface area contributed by atoms with Crippen LogP contribution in [0, 0.1) is 11.6 Å². The van der Waals surface area contributed by atoms with E-state index < -0.39 is 17.7 Å². The van der Waals surface area contributed by atoms with Crippen molar-refractivity contribution in [2.75, 3.05) is 25.0 Å². The molecule has 1 unspecified atom stereocenters. The lowest BCUT2D eigenvalue weighted by Crippen LogP contribution is -2.55. The van der Waals surface area contributed by atoms with Gasteiger partial charge in [-0.05, 0) is 31.2 Å². The number of halogens is 2. The molecule has 2 N–H and O–H groups in total. The van der Waals surface area contributed by atoms with Gasteiger partial charge in [0.25, 0.3) is 0 Å². The molecule has 1 fully saturated rings. The number of hydrogen-bond donors (Lipinski definition) is 2. The molecule has 1 aromatic rings. The summed E-state index contributed by atoms with van der Waals surface area (Å²) in [5.41, 5.74) is 0.437. The Morgan fingerprint density at radius 3 is 2.60 bits per heavy atom. The highest BCUT2D eigenvalue weighted by Gasteiger charge is 2.31. The fourth-order valence-electron chi connectivity index (χ4n) is 2.59. The molecule has 1 atom stereocenters. The highest BCUT2D eigenvalue weighted by atomic mass is 19.1. The third-order valence-corrected chi connectivity index (χ3v) is 3.46. The molecule has 0 aliphatic carbocycles. The zero-order chi connectivity index (χ0) is 14.7. The van der Waals surface area contributed by atoms with Gasteiger partial charge in [0.05, 0.1) is 0 Å². The molecule has 0 aromatic heterocycles. The number of hydrogen-bond acceptors (Lipinski definition) is 3. The molecule has 2 rings (SSSR count). The first-order chi connectivity index (χ1) is 9.58. The van der Waals surface area contributed by atoms with Crippen LogP contribution in [0.1, 0.15) is 18.9 Å². The Labute approximate surface area is 117 Å². The molecule has 0 saturated carbocycles. The number of nitrogens with one attached hydrogen (secondary N) is 2. The number of piperazine rings is 1. The summed E-state index contributed by atoms with van der Waals surface area (Å²) in [7, 11) is 1.71. The van der Waals surface area contributed by atoms with E-state index in [2.05, 4.69) is 10.6 Å². The fraction of sp³-hybridized carbons (Fsp3) is 0.500. The van der Waals surface area contributed by atoms with Gasteiger partial charge in [0.2, 0.25) is 5.91 Å². The number of carbonyl (C=O) groups is 1. The Balaban J connectivity index is 2.38. The molecule has 1 aliphatic rings. The number of rotatable bonds is 4. The van der Waals surface area contributed by atoms with Gasteiger partial charge in [-0.3, -0.25) is 4.79 Å². The minimum atomic E-state index is -0.622. The van der Waals surface area contributed by atoms with Crippen molar-refractivity contribution < 1.29 is 13.6 Å². The van der Waals surface area contributed by atoms with E-state index in [0.29, 0.717) is 31.6 Å². The van der Waals surface area contributed by atoms with E-state index in [0.717, 1.165) is 0 Å². The van der Waals surface area contributed by atoms with E-state index in [1.54, 1.807) is 7.05 Å². The van der Waals surface area contributed by atoms with E-state index in [9.17, 15) is 13.6 Å². The molecule has 0 spiro atoms. The topological polar surface area (TPSA) is 44.4 Å². The monoisotopic (exact) mass is 283 g/mol. The normalized spacial score (nSPS) is 19.1. The summed E-state index contributed by atoms with van der Waals surface area (Å²) in [5.74, 6) is -1.43. The average molecular weight is 283 g/mol. The van der Waals surface area contributed by atoms with Crippen LogP contribution in [0.2, 0.25) is 0 Å². The van der Waals surface area contributed by atoms with Gasteiger partial charge in [-0.25, -0.2) is 8.78 Å². The number of anilines is 1. The largest absolute Gasteiger partial charge is 0.353 e. The predicted octanol–water partition coefficient (Wildman–Crippen LogP) is 1.40. The maximum Gasteiger partial charge on any atom is 0.242 e. The molecule has 1 saturated heterocycles. The van der Waals surface area contributed by atoms with Crippen LogP contribution in [0.15, 0.2) is 12.1 Å². The Hall–Kier alpha value is -1.69. The van der Waals surface area contributed by atoms with Gasteiger partial charge in [-0.2, -0.15) is 0 Å². The lowest BCUT2D eigenvalue weighted by molar-refractivity contribution is -0.123. The van der Waals surface area contributed by atoms with Crippen molar-refractivity contribution in [1.82, 2.24) is 10.6 Å². The van der Waals surface area contributed by atoms with Crippen LogP contribution in [0.3, 0.4) is 0 Å². The summed E-state index contributed by atoms with van der Waals surface area (Å²) in [6.45, 7) is 3.02. The Morgan fingerprint density at radius 1 is 1.40 bits per heavy atom. The first-order valence-corrected chi connectivity index (χ1v) is 6.75. The van der Waals surface area contributed by atoms with Crippen molar-refractivity contribution in [3.63, 3.8) is 0 Å². The van der Waals surface area contributed by atoms with Crippen LogP contribution in [0.4, 0.5) is 14.5 Å². The third-order valence-electron chi connectivity index (χ3n) is 3.46. The number of nitrogens with zero attached hydrogens (tertiary/aromatic N) is 1. The number of carbonyl (C=O) groups excluding carboxylic acids is 1. The zero-order valence-electron chi connectivity index (χ0n) is 11.7. The minimum absolute atomic E-state index is 0.105. The lowest BCUT2D eigenvalue weighted by atomic mass is 10.1. The van der Waals surface area contributed by atoms with Gasteiger partial charge < -0.3 is 15.5 Å². The van der Waals surface area contributed by atoms with Crippen LogP contribution >= 0.6 is 0 Å². The van der Waals surface area contributed by atoms with Crippen molar-refractivity contribution in [3.05, 3.63) is 29.3 Å². The summed E-state index contributed by atoms with van der Waals surface area (Å²) in [4.78, 5) is 13.3. The van der Waals surface area contributed by atoms with Crippen molar-refractivity contribution >= 4 is 11.6 Å². The van der Waals surface area contributed by atoms with Crippen molar-refractivity contribution in [2.24, 2.45) is 0 Å². The van der Waals surface area contributed by atoms with E-state index in [-0.39, 0.29) is 11.6 Å². The number of amides is 1. The lowest BCUT2D eigenvalue weighted by Gasteiger charge is -2.36. The third kappa shape index (κ3) is 2.75. The van der Waals surface area contributed by atoms with Crippen LogP contribution < -0.4 is 15.5 Å². The van der Waals surface area contributed by atoms with Crippen molar-refractivity contribution in [2.45, 2.75) is 25.9 Å². The van der Waals surface area contributed by atoms with E-state index >= 15 is 0 Å². The van der Waals surface area contributed by atoms with Crippen molar-refractivity contribution in [1.29, 1.82) is 0 Å². The standard InChI is InChI=1S/C14H19F2N3O/c1-3-12-14(20)18-4-5-19(12)13-10(15)6-9(8-17-2)7-11(13)16/h6-7,12,17H,3-5,8H2,1-2H3,(H,18,20). The summed E-state index contributed by atoms with van der Waals surface area (Å²) < 4.78 is 28.4. The minimum Gasteiger partial charge on any atom is -0.353 e. The molecule has 0 bridgehead atoms. The van der Waals surface area contributed by atoms with Gasteiger partial charge in [-0.1, -0.05) is 6.92 Å². The van der Waals surface area contributed by atoms with Crippen LogP contribution in [-0.2, 0) is 11.3 Å². The van der Waals surface area contributed by atoms with Gasteiger partial charge in [0.15, 0.2) is 0 Å². The molecule has 0 radical (unpaired) electrons. The first kappa shape index (κ1) is 14.7. The van der Waals surface area contributed by atoms with Gasteiger partial charge in [0.1, 0.15) is 23.4 Å². The highest BCUT2D eigenvalue weighted by molar-refractivity contribution is 5.86. The van der Waals surface area contributed by atoms with Gasteiger partial charge in [0, 0.05) is 19.6 Å². The smallest absolute Gasteiger partial charge is 0.242 e. The SMILES string of the molecule is CCC1C(=O)NCCN1c1c(F)cc(CNC)cc1F. The molecule has 1 heterocycles. The van der Waals surface area contributed by atoms with Crippen LogP contribution in [0.5, 0.6) is 0 Å². The second-order valence-electron chi connectivity index (χ2n) is 4.85. The predicted molar refractivity (Wildman–Crippen MR) is 73.6 cm³/mol. The molecule has 4 nitrogen and oxygen atoms in total.